The number of benzene rings is 1. The third-order valence-corrected chi connectivity index (χ3v) is 6.57. The van der Waals surface area contributed by atoms with Gasteiger partial charge in [0.2, 0.25) is 0 Å². The lowest BCUT2D eigenvalue weighted by atomic mass is 10.1. The lowest BCUT2D eigenvalue weighted by Crippen LogP contribution is -2.65. The molecule has 3 N–H and O–H groups in total. The van der Waals surface area contributed by atoms with Gasteiger partial charge in [0.05, 0.1) is 19.8 Å². The van der Waals surface area contributed by atoms with E-state index in [4.69, 9.17) is 14.5 Å². The molecule has 192 valence electrons. The summed E-state index contributed by atoms with van der Waals surface area (Å²) in [6.45, 7) is 7.11. The van der Waals surface area contributed by atoms with Crippen LogP contribution in [0.3, 0.4) is 0 Å². The summed E-state index contributed by atoms with van der Waals surface area (Å²) in [6, 6.07) is 6.62. The SMILES string of the molecule is CCc1cccc(OCC(O)CN2C(=NCCCN3CCOCC3)NC3C2C(=O)NC(=O)N3C)c1. The number of morpholine rings is 1. The molecule has 11 nitrogen and oxygen atoms in total. The van der Waals surface area contributed by atoms with Crippen LogP contribution in [0, 0.1) is 0 Å². The van der Waals surface area contributed by atoms with Gasteiger partial charge in [-0.05, 0) is 30.5 Å². The van der Waals surface area contributed by atoms with E-state index >= 15 is 0 Å². The van der Waals surface area contributed by atoms with E-state index in [9.17, 15) is 14.7 Å². The first-order valence-electron chi connectivity index (χ1n) is 12.3. The van der Waals surface area contributed by atoms with Crippen LogP contribution in [0.1, 0.15) is 18.9 Å². The van der Waals surface area contributed by atoms with Gasteiger partial charge in [-0.2, -0.15) is 0 Å². The number of fused-ring (bicyclic) bond motifs is 1. The van der Waals surface area contributed by atoms with Gasteiger partial charge in [-0.15, -0.1) is 0 Å². The molecule has 0 radical (unpaired) electrons. The molecule has 3 amide bonds. The van der Waals surface area contributed by atoms with Gasteiger partial charge in [-0.3, -0.25) is 20.0 Å². The van der Waals surface area contributed by atoms with E-state index in [2.05, 4.69) is 22.5 Å². The number of aliphatic hydroxyl groups is 1. The lowest BCUT2D eigenvalue weighted by Gasteiger charge is -2.35. The average molecular weight is 489 g/mol. The number of hydrogen-bond acceptors (Lipinski definition) is 7. The summed E-state index contributed by atoms with van der Waals surface area (Å²) < 4.78 is 11.2. The maximum Gasteiger partial charge on any atom is 0.325 e. The molecule has 4 rings (SSSR count). The Labute approximate surface area is 206 Å². The number of imide groups is 1. The van der Waals surface area contributed by atoms with Gasteiger partial charge >= 0.3 is 6.03 Å². The normalized spacial score (nSPS) is 24.8. The molecular formula is C24H36N6O5. The number of guanidine groups is 1. The number of likely N-dealkylation sites (N-methyl/N-ethyl adjacent to an activating group) is 1. The van der Waals surface area contributed by atoms with Crippen LogP contribution in [-0.4, -0.2) is 116 Å². The fraction of sp³-hybridized carbons (Fsp3) is 0.625. The predicted molar refractivity (Wildman–Crippen MR) is 130 cm³/mol. The Morgan fingerprint density at radius 2 is 2.09 bits per heavy atom. The molecule has 3 fully saturated rings. The highest BCUT2D eigenvalue weighted by molar-refractivity contribution is 6.04. The van der Waals surface area contributed by atoms with E-state index in [1.165, 1.54) is 4.90 Å². The third-order valence-electron chi connectivity index (χ3n) is 6.57. The number of nitrogens with zero attached hydrogens (tertiary/aromatic N) is 4. The van der Waals surface area contributed by atoms with E-state index in [0.29, 0.717) is 18.3 Å². The second kappa shape index (κ2) is 11.7. The molecule has 1 aromatic rings. The number of hydrogen-bond donors (Lipinski definition) is 3. The van der Waals surface area contributed by atoms with E-state index in [1.54, 1.807) is 11.9 Å². The zero-order chi connectivity index (χ0) is 24.8. The van der Waals surface area contributed by atoms with Crippen molar-refractivity contribution in [1.82, 2.24) is 25.3 Å². The van der Waals surface area contributed by atoms with Crippen molar-refractivity contribution in [3.8, 4) is 5.75 Å². The van der Waals surface area contributed by atoms with Gasteiger partial charge in [0.1, 0.15) is 24.6 Å². The first kappa shape index (κ1) is 25.2. The number of carbonyl (C=O) groups excluding carboxylic acids is 2. The van der Waals surface area contributed by atoms with Crippen molar-refractivity contribution in [2.24, 2.45) is 4.99 Å². The Balaban J connectivity index is 1.40. The van der Waals surface area contributed by atoms with Crippen molar-refractivity contribution in [3.63, 3.8) is 0 Å². The Morgan fingerprint density at radius 3 is 2.86 bits per heavy atom. The minimum absolute atomic E-state index is 0.0712. The largest absolute Gasteiger partial charge is 0.491 e. The number of rotatable bonds is 10. The summed E-state index contributed by atoms with van der Waals surface area (Å²) in [5.74, 6) is 0.789. The van der Waals surface area contributed by atoms with E-state index in [0.717, 1.165) is 51.3 Å². The highest BCUT2D eigenvalue weighted by Gasteiger charge is 2.50. The fourth-order valence-corrected chi connectivity index (χ4v) is 4.55. The molecule has 11 heteroatoms. The standard InChI is InChI=1S/C24H36N6O5/c1-3-17-6-4-7-19(14-17)35-16-18(31)15-30-20-21(28(2)24(33)27-22(20)32)26-23(30)25-8-5-9-29-10-12-34-13-11-29/h4,6-7,14,18,20-21,31H,3,5,8-13,15-16H2,1-2H3,(H,25,26)(H,27,32,33). The predicted octanol–water partition coefficient (Wildman–Crippen LogP) is -0.151. The molecule has 3 saturated heterocycles. The highest BCUT2D eigenvalue weighted by Crippen LogP contribution is 2.21. The smallest absolute Gasteiger partial charge is 0.325 e. The molecule has 3 aliphatic heterocycles. The number of aryl methyl sites for hydroxylation is 1. The molecule has 0 bridgehead atoms. The number of nitrogens with one attached hydrogen (secondary N) is 2. The topological polar surface area (TPSA) is 119 Å². The van der Waals surface area contributed by atoms with Gasteiger partial charge in [0.15, 0.2) is 12.0 Å². The second-order valence-electron chi connectivity index (χ2n) is 9.07. The molecule has 0 spiro atoms. The molecule has 0 saturated carbocycles. The monoisotopic (exact) mass is 488 g/mol. The fourth-order valence-electron chi connectivity index (χ4n) is 4.55. The Bertz CT molecular complexity index is 921. The molecule has 3 atom stereocenters. The lowest BCUT2D eigenvalue weighted by molar-refractivity contribution is -0.127. The summed E-state index contributed by atoms with van der Waals surface area (Å²) in [5.41, 5.74) is 1.15. The minimum atomic E-state index is -0.866. The van der Waals surface area contributed by atoms with Crippen LogP contribution in [0.15, 0.2) is 29.3 Å². The Morgan fingerprint density at radius 1 is 1.29 bits per heavy atom. The summed E-state index contributed by atoms with van der Waals surface area (Å²) in [6.07, 6.45) is 0.336. The first-order chi connectivity index (χ1) is 17.0. The Hall–Kier alpha value is -2.89. The zero-order valence-electron chi connectivity index (χ0n) is 20.5. The van der Waals surface area contributed by atoms with Crippen LogP contribution in [-0.2, 0) is 16.0 Å². The van der Waals surface area contributed by atoms with Crippen molar-refractivity contribution in [3.05, 3.63) is 29.8 Å². The number of amides is 3. The van der Waals surface area contributed by atoms with Crippen molar-refractivity contribution in [2.75, 3.05) is 59.6 Å². The van der Waals surface area contributed by atoms with Crippen molar-refractivity contribution >= 4 is 17.9 Å². The molecule has 0 aliphatic carbocycles. The Kier molecular flexibility index (Phi) is 8.42. The molecular weight excluding hydrogens is 452 g/mol. The van der Waals surface area contributed by atoms with Gasteiger partial charge in [0.25, 0.3) is 5.91 Å². The minimum Gasteiger partial charge on any atom is -0.491 e. The van der Waals surface area contributed by atoms with Gasteiger partial charge in [0, 0.05) is 33.2 Å². The number of ether oxygens (including phenoxy) is 2. The summed E-state index contributed by atoms with van der Waals surface area (Å²) in [4.78, 5) is 35.1. The van der Waals surface area contributed by atoms with Crippen LogP contribution in [0.5, 0.6) is 5.75 Å². The average Bonchev–Trinajstić information content (AvgIpc) is 3.23. The van der Waals surface area contributed by atoms with E-state index in [1.807, 2.05) is 24.3 Å². The maximum atomic E-state index is 12.7. The highest BCUT2D eigenvalue weighted by atomic mass is 16.5. The van der Waals surface area contributed by atoms with Gasteiger partial charge in [-0.1, -0.05) is 19.1 Å². The zero-order valence-corrected chi connectivity index (χ0v) is 20.5. The van der Waals surface area contributed by atoms with E-state index in [-0.39, 0.29) is 13.2 Å². The number of urea groups is 1. The molecule has 35 heavy (non-hydrogen) atoms. The second-order valence-corrected chi connectivity index (χ2v) is 9.07. The van der Waals surface area contributed by atoms with Crippen molar-refractivity contribution < 1.29 is 24.2 Å². The van der Waals surface area contributed by atoms with Crippen LogP contribution in [0.4, 0.5) is 4.79 Å². The quantitative estimate of drug-likeness (QED) is 0.389. The molecule has 3 unspecified atom stereocenters. The number of carbonyl (C=O) groups is 2. The third kappa shape index (κ3) is 6.22. The molecule has 1 aromatic carbocycles. The van der Waals surface area contributed by atoms with E-state index < -0.39 is 30.2 Å². The summed E-state index contributed by atoms with van der Waals surface area (Å²) in [7, 11) is 1.63. The first-order valence-corrected chi connectivity index (χ1v) is 12.3. The molecule has 0 aromatic heterocycles. The molecule has 3 heterocycles. The van der Waals surface area contributed by atoms with Crippen LogP contribution in [0.25, 0.3) is 0 Å². The molecule has 3 aliphatic rings. The van der Waals surface area contributed by atoms with Crippen LogP contribution < -0.4 is 15.4 Å². The number of aliphatic imine (C=N–C) groups is 1. The maximum absolute atomic E-state index is 12.7. The van der Waals surface area contributed by atoms with Crippen LogP contribution in [0.2, 0.25) is 0 Å². The number of aliphatic hydroxyl groups excluding tert-OH is 1. The van der Waals surface area contributed by atoms with Crippen molar-refractivity contribution in [1.29, 1.82) is 0 Å². The summed E-state index contributed by atoms with van der Waals surface area (Å²) in [5, 5.41) is 16.4. The van der Waals surface area contributed by atoms with Gasteiger partial charge < -0.3 is 29.7 Å². The van der Waals surface area contributed by atoms with Crippen LogP contribution >= 0.6 is 0 Å². The van der Waals surface area contributed by atoms with Crippen molar-refractivity contribution in [2.45, 2.75) is 38.1 Å². The number of β-amino-alcohol motifs (C(OH)–C–C–N with tert-alkyl or cyclic N) is 1. The summed E-state index contributed by atoms with van der Waals surface area (Å²) >= 11 is 0. The van der Waals surface area contributed by atoms with Gasteiger partial charge in [-0.25, -0.2) is 4.79 Å².